The van der Waals surface area contributed by atoms with Crippen molar-refractivity contribution < 1.29 is 13.2 Å². The Hall–Kier alpha value is -1.76. The Balaban J connectivity index is 1.94. The number of nitrogens with two attached hydrogens (primary N) is 1. The van der Waals surface area contributed by atoms with Gasteiger partial charge in [0.25, 0.3) is 0 Å². The molecule has 1 aliphatic heterocycles. The summed E-state index contributed by atoms with van der Waals surface area (Å²) in [4.78, 5) is 0. The number of ether oxygens (including phenoxy) is 1. The molecule has 0 atom stereocenters. The molecule has 1 aromatic carbocycles. The van der Waals surface area contributed by atoms with Crippen LogP contribution in [0, 0.1) is 0 Å². The summed E-state index contributed by atoms with van der Waals surface area (Å²) in [6, 6.07) is 5.20. The summed E-state index contributed by atoms with van der Waals surface area (Å²) in [6.07, 6.45) is 5.78. The second-order valence-electron chi connectivity index (χ2n) is 5.11. The van der Waals surface area contributed by atoms with E-state index in [1.54, 1.807) is 18.2 Å². The van der Waals surface area contributed by atoms with E-state index in [1.807, 2.05) is 0 Å². The van der Waals surface area contributed by atoms with Gasteiger partial charge in [-0.05, 0) is 37.8 Å². The van der Waals surface area contributed by atoms with Crippen LogP contribution in [0.2, 0.25) is 0 Å². The lowest BCUT2D eigenvalue weighted by Crippen LogP contribution is -2.28. The van der Waals surface area contributed by atoms with Gasteiger partial charge in [0, 0.05) is 0 Å². The first kappa shape index (κ1) is 13.2. The van der Waals surface area contributed by atoms with Crippen LogP contribution in [0.3, 0.4) is 0 Å². The Morgan fingerprint density at radius 2 is 2.00 bits per heavy atom. The van der Waals surface area contributed by atoms with Crippen molar-refractivity contribution in [3.8, 4) is 5.75 Å². The maximum absolute atomic E-state index is 11.5. The molecular weight excluding hydrogens is 278 g/mol. The van der Waals surface area contributed by atoms with Gasteiger partial charge in [0.15, 0.2) is 5.84 Å². The van der Waals surface area contributed by atoms with Crippen LogP contribution in [-0.2, 0) is 10.2 Å². The first-order chi connectivity index (χ1) is 9.55. The molecule has 3 N–H and O–H groups in total. The molecule has 0 bridgehead atoms. The molecule has 0 radical (unpaired) electrons. The van der Waals surface area contributed by atoms with E-state index < -0.39 is 10.2 Å². The number of hydrogen-bond donors (Lipinski definition) is 2. The summed E-state index contributed by atoms with van der Waals surface area (Å²) >= 11 is 0. The average Bonchev–Trinajstić information content (AvgIpc) is 2.38. The lowest BCUT2D eigenvalue weighted by molar-refractivity contribution is 0.155. The number of amidine groups is 1. The number of nitrogens with zero attached hydrogens (tertiary/aromatic N) is 1. The second kappa shape index (κ2) is 4.97. The van der Waals surface area contributed by atoms with E-state index >= 15 is 0 Å². The molecule has 20 heavy (non-hydrogen) atoms. The lowest BCUT2D eigenvalue weighted by Gasteiger charge is -2.26. The minimum absolute atomic E-state index is 0.0230. The van der Waals surface area contributed by atoms with Crippen molar-refractivity contribution in [2.24, 2.45) is 10.1 Å². The van der Waals surface area contributed by atoms with Gasteiger partial charge in [0.1, 0.15) is 5.75 Å². The monoisotopic (exact) mass is 295 g/mol. The maximum Gasteiger partial charge on any atom is 0.344 e. The molecule has 0 spiro atoms. The van der Waals surface area contributed by atoms with Crippen molar-refractivity contribution >= 4 is 21.7 Å². The van der Waals surface area contributed by atoms with E-state index in [1.165, 1.54) is 6.42 Å². The van der Waals surface area contributed by atoms with Crippen LogP contribution in [0.5, 0.6) is 5.75 Å². The molecule has 1 heterocycles. The smallest absolute Gasteiger partial charge is 0.344 e. The highest BCUT2D eigenvalue weighted by molar-refractivity contribution is 7.91. The normalized spacial score (nSPS) is 21.5. The summed E-state index contributed by atoms with van der Waals surface area (Å²) < 4.78 is 34.9. The van der Waals surface area contributed by atoms with Gasteiger partial charge in [0.05, 0.1) is 17.4 Å². The summed E-state index contributed by atoms with van der Waals surface area (Å²) in [5, 5.41) is 0. The fraction of sp³-hybridized carbons (Fsp3) is 0.462. The van der Waals surface area contributed by atoms with E-state index in [2.05, 4.69) is 9.12 Å². The van der Waals surface area contributed by atoms with Crippen LogP contribution in [0.1, 0.15) is 37.7 Å². The molecule has 2 aliphatic rings. The van der Waals surface area contributed by atoms with Crippen LogP contribution in [0.15, 0.2) is 22.6 Å². The molecule has 6 nitrogen and oxygen atoms in total. The number of anilines is 1. The van der Waals surface area contributed by atoms with Gasteiger partial charge in [-0.1, -0.05) is 12.5 Å². The molecule has 1 aromatic rings. The van der Waals surface area contributed by atoms with Crippen molar-refractivity contribution in [2.75, 3.05) is 4.72 Å². The number of nitrogens with one attached hydrogen (secondary N) is 1. The molecule has 3 rings (SSSR count). The van der Waals surface area contributed by atoms with Gasteiger partial charge in [-0.15, -0.1) is 4.40 Å². The van der Waals surface area contributed by atoms with Crippen LogP contribution in [0.4, 0.5) is 5.69 Å². The van der Waals surface area contributed by atoms with Crippen LogP contribution >= 0.6 is 0 Å². The third kappa shape index (κ3) is 2.58. The lowest BCUT2D eigenvalue weighted by atomic mass is 9.97. The zero-order valence-corrected chi connectivity index (χ0v) is 11.8. The van der Waals surface area contributed by atoms with E-state index in [-0.39, 0.29) is 11.9 Å². The Bertz CT molecular complexity index is 649. The van der Waals surface area contributed by atoms with Crippen molar-refractivity contribution in [3.05, 3.63) is 23.8 Å². The fourth-order valence-electron chi connectivity index (χ4n) is 2.68. The fourth-order valence-corrected chi connectivity index (χ4v) is 3.52. The SMILES string of the molecule is NC1=NS(=O)(=O)Nc2cccc(OC3CCCCC3)c21. The Labute approximate surface area is 118 Å². The molecule has 0 saturated heterocycles. The van der Waals surface area contributed by atoms with E-state index in [0.717, 1.165) is 25.7 Å². The molecule has 0 unspecified atom stereocenters. The van der Waals surface area contributed by atoms with Gasteiger partial charge in [-0.2, -0.15) is 8.42 Å². The molecule has 1 fully saturated rings. The minimum atomic E-state index is -3.74. The Morgan fingerprint density at radius 3 is 2.75 bits per heavy atom. The number of rotatable bonds is 2. The molecule has 1 saturated carbocycles. The third-order valence-electron chi connectivity index (χ3n) is 3.59. The van der Waals surface area contributed by atoms with Crippen molar-refractivity contribution in [2.45, 2.75) is 38.2 Å². The van der Waals surface area contributed by atoms with Gasteiger partial charge in [0.2, 0.25) is 0 Å². The van der Waals surface area contributed by atoms with E-state index in [4.69, 9.17) is 10.5 Å². The summed E-state index contributed by atoms with van der Waals surface area (Å²) in [6.45, 7) is 0. The zero-order valence-electron chi connectivity index (χ0n) is 11.0. The van der Waals surface area contributed by atoms with Crippen LogP contribution in [-0.4, -0.2) is 20.4 Å². The number of fused-ring (bicyclic) bond motifs is 1. The highest BCUT2D eigenvalue weighted by Gasteiger charge is 2.25. The molecular formula is C13H17N3O3S. The predicted molar refractivity (Wildman–Crippen MR) is 77.2 cm³/mol. The Kier molecular flexibility index (Phi) is 3.29. The van der Waals surface area contributed by atoms with Crippen molar-refractivity contribution in [3.63, 3.8) is 0 Å². The van der Waals surface area contributed by atoms with Crippen LogP contribution in [0.25, 0.3) is 0 Å². The largest absolute Gasteiger partial charge is 0.490 e. The van der Waals surface area contributed by atoms with Crippen LogP contribution < -0.4 is 15.2 Å². The van der Waals surface area contributed by atoms with Gasteiger partial charge < -0.3 is 10.5 Å². The number of benzene rings is 1. The average molecular weight is 295 g/mol. The molecule has 108 valence electrons. The molecule has 7 heteroatoms. The summed E-state index contributed by atoms with van der Waals surface area (Å²) in [7, 11) is -3.74. The highest BCUT2D eigenvalue weighted by Crippen LogP contribution is 2.32. The predicted octanol–water partition coefficient (Wildman–Crippen LogP) is 1.77. The maximum atomic E-state index is 11.5. The second-order valence-corrected chi connectivity index (χ2v) is 6.45. The van der Waals surface area contributed by atoms with Gasteiger partial charge >= 0.3 is 10.2 Å². The third-order valence-corrected chi connectivity index (χ3v) is 4.50. The van der Waals surface area contributed by atoms with Gasteiger partial charge in [-0.25, -0.2) is 0 Å². The minimum Gasteiger partial charge on any atom is -0.490 e. The molecule has 0 aromatic heterocycles. The number of hydrogen-bond acceptors (Lipinski definition) is 4. The van der Waals surface area contributed by atoms with Crippen molar-refractivity contribution in [1.29, 1.82) is 0 Å². The first-order valence-electron chi connectivity index (χ1n) is 6.73. The molecule has 1 aliphatic carbocycles. The highest BCUT2D eigenvalue weighted by atomic mass is 32.2. The van der Waals surface area contributed by atoms with Gasteiger partial charge in [-0.3, -0.25) is 4.72 Å². The standard InChI is InChI=1S/C13H17N3O3S/c14-13-12-10(15-20(17,18)16-13)7-4-8-11(12)19-9-5-2-1-3-6-9/h4,7-9,15H,1-3,5-6H2,(H2,14,16). The zero-order chi connectivity index (χ0) is 14.2. The quantitative estimate of drug-likeness (QED) is 0.869. The first-order valence-corrected chi connectivity index (χ1v) is 8.17. The van der Waals surface area contributed by atoms with E-state index in [9.17, 15) is 8.42 Å². The topological polar surface area (TPSA) is 93.8 Å². The van der Waals surface area contributed by atoms with E-state index in [0.29, 0.717) is 17.0 Å². The molecule has 0 amide bonds. The summed E-state index contributed by atoms with van der Waals surface area (Å²) in [5.41, 5.74) is 6.74. The Morgan fingerprint density at radius 1 is 1.25 bits per heavy atom. The summed E-state index contributed by atoms with van der Waals surface area (Å²) in [5.74, 6) is 0.572. The van der Waals surface area contributed by atoms with Crippen molar-refractivity contribution in [1.82, 2.24) is 0 Å².